The lowest BCUT2D eigenvalue weighted by molar-refractivity contribution is -0.116. The first-order chi connectivity index (χ1) is 13.7. The van der Waals surface area contributed by atoms with Crippen LogP contribution in [0.3, 0.4) is 0 Å². The first-order valence-corrected chi connectivity index (χ1v) is 10.8. The largest absolute Gasteiger partial charge is 0.495 e. The Morgan fingerprint density at radius 1 is 1.04 bits per heavy atom. The van der Waals surface area contributed by atoms with E-state index in [1.54, 1.807) is 23.8 Å². The lowest BCUT2D eigenvalue weighted by Crippen LogP contribution is -2.47. The second kappa shape index (κ2) is 8.45. The maximum Gasteiger partial charge on any atom is 0.237 e. The Bertz CT molecular complexity index is 849. The van der Waals surface area contributed by atoms with Gasteiger partial charge in [0.1, 0.15) is 5.75 Å². The van der Waals surface area contributed by atoms with Gasteiger partial charge in [-0.1, -0.05) is 18.2 Å². The Kier molecular flexibility index (Phi) is 5.78. The molecule has 0 saturated carbocycles. The van der Waals surface area contributed by atoms with Gasteiger partial charge < -0.3 is 14.5 Å². The number of nitrogens with zero attached hydrogens (tertiary/aromatic N) is 3. The fourth-order valence-corrected chi connectivity index (χ4v) is 4.93. The van der Waals surface area contributed by atoms with E-state index >= 15 is 0 Å². The number of thioether (sulfide) groups is 1. The Labute approximate surface area is 171 Å². The van der Waals surface area contributed by atoms with Crippen LogP contribution < -0.4 is 14.5 Å². The first-order valence-electron chi connectivity index (χ1n) is 9.78. The summed E-state index contributed by atoms with van der Waals surface area (Å²) in [7, 11) is 3.60. The molecule has 2 aliphatic heterocycles. The minimum atomic E-state index is 0.179. The molecule has 0 N–H and O–H groups in total. The van der Waals surface area contributed by atoms with Gasteiger partial charge in [0, 0.05) is 44.7 Å². The number of carbonyl (C=O) groups is 1. The first kappa shape index (κ1) is 19.2. The number of fused-ring (bicyclic) bond motifs is 1. The molecule has 2 aliphatic rings. The highest BCUT2D eigenvalue weighted by molar-refractivity contribution is 8.00. The number of para-hydroxylation sites is 2. The van der Waals surface area contributed by atoms with Gasteiger partial charge in [0.05, 0.1) is 24.2 Å². The van der Waals surface area contributed by atoms with Crippen molar-refractivity contribution in [3.8, 4) is 5.75 Å². The molecule has 148 valence electrons. The number of anilines is 2. The average Bonchev–Trinajstić information content (AvgIpc) is 2.75. The van der Waals surface area contributed by atoms with Crippen molar-refractivity contribution < 1.29 is 9.53 Å². The highest BCUT2D eigenvalue weighted by Gasteiger charge is 2.22. The standard InChI is InChI=1S/C22H27N3O2S/c1-23-19-8-7-17(15-21(19)28-16-22(23)26)9-10-24-11-13-25(14-12-24)18-5-3-4-6-20(18)27-2/h3-8,15H,9-14,16H2,1-2H3. The Hall–Kier alpha value is -2.18. The van der Waals surface area contributed by atoms with Gasteiger partial charge in [-0.25, -0.2) is 0 Å². The molecular weight excluding hydrogens is 370 g/mol. The van der Waals surface area contributed by atoms with Gasteiger partial charge in [0.15, 0.2) is 0 Å². The zero-order valence-corrected chi connectivity index (χ0v) is 17.4. The number of methoxy groups -OCH3 is 1. The minimum absolute atomic E-state index is 0.179. The molecule has 2 heterocycles. The Morgan fingerprint density at radius 3 is 2.61 bits per heavy atom. The summed E-state index contributed by atoms with van der Waals surface area (Å²) < 4.78 is 5.51. The number of hydrogen-bond donors (Lipinski definition) is 0. The second-order valence-corrected chi connectivity index (χ2v) is 8.31. The van der Waals surface area contributed by atoms with Crippen LogP contribution in [0.15, 0.2) is 47.4 Å². The quantitative estimate of drug-likeness (QED) is 0.775. The molecule has 0 aliphatic carbocycles. The Morgan fingerprint density at radius 2 is 1.82 bits per heavy atom. The van der Waals surface area contributed by atoms with E-state index < -0.39 is 0 Å². The van der Waals surface area contributed by atoms with Crippen molar-refractivity contribution in [1.29, 1.82) is 0 Å². The Balaban J connectivity index is 1.32. The highest BCUT2D eigenvalue weighted by atomic mass is 32.2. The van der Waals surface area contributed by atoms with Gasteiger partial charge in [-0.3, -0.25) is 9.69 Å². The summed E-state index contributed by atoms with van der Waals surface area (Å²) in [5.74, 6) is 1.67. The van der Waals surface area contributed by atoms with Crippen LogP contribution >= 0.6 is 11.8 Å². The molecule has 6 heteroatoms. The summed E-state index contributed by atoms with van der Waals surface area (Å²) in [4.78, 5) is 19.8. The monoisotopic (exact) mass is 397 g/mol. The fourth-order valence-electron chi connectivity index (χ4n) is 3.87. The zero-order valence-electron chi connectivity index (χ0n) is 16.6. The van der Waals surface area contributed by atoms with Gasteiger partial charge >= 0.3 is 0 Å². The number of carbonyl (C=O) groups excluding carboxylic acids is 1. The van der Waals surface area contributed by atoms with Crippen molar-refractivity contribution in [1.82, 2.24) is 4.90 Å². The molecule has 1 saturated heterocycles. The van der Waals surface area contributed by atoms with Gasteiger partial charge in [0.2, 0.25) is 5.91 Å². The molecule has 2 aromatic carbocycles. The highest BCUT2D eigenvalue weighted by Crippen LogP contribution is 2.35. The third-order valence-corrected chi connectivity index (χ3v) is 6.65. The summed E-state index contributed by atoms with van der Waals surface area (Å²) in [6.07, 6.45) is 1.04. The maximum absolute atomic E-state index is 11.8. The van der Waals surface area contributed by atoms with E-state index in [0.717, 1.165) is 50.6 Å². The van der Waals surface area contributed by atoms with Gasteiger partial charge in [-0.2, -0.15) is 0 Å². The molecule has 1 fully saturated rings. The number of rotatable bonds is 5. The average molecular weight is 398 g/mol. The summed E-state index contributed by atoms with van der Waals surface area (Å²) in [5, 5.41) is 0. The molecule has 0 unspecified atom stereocenters. The van der Waals surface area contributed by atoms with Crippen molar-refractivity contribution >= 4 is 29.0 Å². The third-order valence-electron chi connectivity index (χ3n) is 5.63. The van der Waals surface area contributed by atoms with Crippen LogP contribution in [-0.4, -0.2) is 63.4 Å². The molecule has 0 radical (unpaired) electrons. The van der Waals surface area contributed by atoms with Crippen LogP contribution in [0.25, 0.3) is 0 Å². The smallest absolute Gasteiger partial charge is 0.237 e. The molecular formula is C22H27N3O2S. The van der Waals surface area contributed by atoms with Crippen molar-refractivity contribution in [3.05, 3.63) is 48.0 Å². The SMILES string of the molecule is COc1ccccc1N1CCN(CCc2ccc3c(c2)SCC(=O)N3C)CC1. The van der Waals surface area contributed by atoms with Gasteiger partial charge in [-0.15, -0.1) is 11.8 Å². The summed E-state index contributed by atoms with van der Waals surface area (Å²) in [6, 6.07) is 14.8. The van der Waals surface area contributed by atoms with E-state index in [2.05, 4.69) is 40.1 Å². The van der Waals surface area contributed by atoms with E-state index in [1.807, 2.05) is 19.2 Å². The second-order valence-electron chi connectivity index (χ2n) is 7.29. The zero-order chi connectivity index (χ0) is 19.5. The molecule has 0 bridgehead atoms. The topological polar surface area (TPSA) is 36.0 Å². The van der Waals surface area contributed by atoms with Crippen LogP contribution in [0, 0.1) is 0 Å². The minimum Gasteiger partial charge on any atom is -0.495 e. The van der Waals surface area contributed by atoms with Crippen LogP contribution in [-0.2, 0) is 11.2 Å². The number of ether oxygens (including phenoxy) is 1. The van der Waals surface area contributed by atoms with E-state index in [4.69, 9.17) is 4.74 Å². The van der Waals surface area contributed by atoms with Gasteiger partial charge in [0.25, 0.3) is 0 Å². The predicted octanol–water partition coefficient (Wildman–Crippen LogP) is 3.13. The number of benzene rings is 2. The van der Waals surface area contributed by atoms with Crippen LogP contribution in [0.4, 0.5) is 11.4 Å². The van der Waals surface area contributed by atoms with Crippen molar-refractivity contribution in [2.24, 2.45) is 0 Å². The molecule has 0 aromatic heterocycles. The summed E-state index contributed by atoms with van der Waals surface area (Å²) >= 11 is 1.65. The van der Waals surface area contributed by atoms with E-state index in [-0.39, 0.29) is 5.91 Å². The predicted molar refractivity (Wildman–Crippen MR) is 116 cm³/mol. The normalized spacial score (nSPS) is 17.6. The van der Waals surface area contributed by atoms with E-state index in [9.17, 15) is 4.79 Å². The number of amides is 1. The molecule has 2 aromatic rings. The molecule has 5 nitrogen and oxygen atoms in total. The van der Waals surface area contributed by atoms with Crippen molar-refractivity contribution in [2.75, 3.05) is 62.4 Å². The van der Waals surface area contributed by atoms with Crippen molar-refractivity contribution in [3.63, 3.8) is 0 Å². The summed E-state index contributed by atoms with van der Waals surface area (Å²) in [6.45, 7) is 5.24. The molecule has 0 atom stereocenters. The van der Waals surface area contributed by atoms with E-state index in [0.29, 0.717) is 5.75 Å². The number of hydrogen-bond acceptors (Lipinski definition) is 5. The maximum atomic E-state index is 11.8. The fraction of sp³-hybridized carbons (Fsp3) is 0.409. The molecule has 28 heavy (non-hydrogen) atoms. The van der Waals surface area contributed by atoms with E-state index in [1.165, 1.54) is 16.1 Å². The lowest BCUT2D eigenvalue weighted by Gasteiger charge is -2.36. The van der Waals surface area contributed by atoms with Crippen molar-refractivity contribution in [2.45, 2.75) is 11.3 Å². The third kappa shape index (κ3) is 3.98. The molecule has 1 amide bonds. The lowest BCUT2D eigenvalue weighted by atomic mass is 10.1. The van der Waals surface area contributed by atoms with Crippen LogP contribution in [0.1, 0.15) is 5.56 Å². The van der Waals surface area contributed by atoms with Crippen LogP contribution in [0.2, 0.25) is 0 Å². The molecule has 4 rings (SSSR count). The van der Waals surface area contributed by atoms with Crippen LogP contribution in [0.5, 0.6) is 5.75 Å². The number of piperazine rings is 1. The molecule has 0 spiro atoms. The summed E-state index contributed by atoms with van der Waals surface area (Å²) in [5.41, 5.74) is 3.58. The van der Waals surface area contributed by atoms with Gasteiger partial charge in [-0.05, 0) is 36.2 Å².